The van der Waals surface area contributed by atoms with E-state index in [1.165, 1.54) is 4.31 Å². The van der Waals surface area contributed by atoms with Crippen molar-refractivity contribution in [3.63, 3.8) is 0 Å². The molecule has 198 valence electrons. The van der Waals surface area contributed by atoms with Crippen LogP contribution in [-0.2, 0) is 26.2 Å². The van der Waals surface area contributed by atoms with E-state index in [4.69, 9.17) is 4.74 Å². The Morgan fingerprint density at radius 1 is 1.08 bits per heavy atom. The molecule has 0 saturated carbocycles. The molecule has 0 heterocycles. The number of para-hydroxylation sites is 1. The average molecular weight is 518 g/mol. The van der Waals surface area contributed by atoms with E-state index < -0.39 is 16.1 Å². The van der Waals surface area contributed by atoms with Gasteiger partial charge < -0.3 is 15.0 Å². The van der Waals surface area contributed by atoms with Gasteiger partial charge in [-0.3, -0.25) is 13.9 Å². The van der Waals surface area contributed by atoms with Gasteiger partial charge in [0.1, 0.15) is 11.8 Å². The molecule has 2 unspecified atom stereocenters. The molecule has 0 fully saturated rings. The molecule has 36 heavy (non-hydrogen) atoms. The molecule has 0 spiro atoms. The maximum absolute atomic E-state index is 13.4. The van der Waals surface area contributed by atoms with Crippen LogP contribution in [0.5, 0.6) is 5.75 Å². The lowest BCUT2D eigenvalue weighted by atomic mass is 10.1. The lowest BCUT2D eigenvalue weighted by Crippen LogP contribution is -2.49. The second kappa shape index (κ2) is 13.3. The number of carbonyl (C=O) groups is 2. The van der Waals surface area contributed by atoms with Gasteiger partial charge in [0.2, 0.25) is 21.8 Å². The Bertz CT molecular complexity index is 1140. The van der Waals surface area contributed by atoms with E-state index in [-0.39, 0.29) is 37.4 Å². The van der Waals surface area contributed by atoms with Gasteiger partial charge in [-0.05, 0) is 62.9 Å². The molecule has 0 bridgehead atoms. The highest BCUT2D eigenvalue weighted by atomic mass is 32.2. The Balaban J connectivity index is 2.20. The number of amides is 2. The highest BCUT2D eigenvalue weighted by Gasteiger charge is 2.27. The zero-order valence-electron chi connectivity index (χ0n) is 22.2. The number of aryl methyl sites for hydroxylation is 1. The summed E-state index contributed by atoms with van der Waals surface area (Å²) < 4.78 is 31.6. The molecular weight excluding hydrogens is 478 g/mol. The SMILES string of the molecule is CCC(C)NC(=O)C(C)N(Cc1cccc(OC)c1)C(=O)CCCN(c1ccccc1C)S(C)(=O)=O. The number of sulfonamides is 1. The Labute approximate surface area is 215 Å². The van der Waals surface area contributed by atoms with Gasteiger partial charge in [-0.2, -0.15) is 0 Å². The Morgan fingerprint density at radius 2 is 1.78 bits per heavy atom. The molecular formula is C27H39N3O5S. The number of carbonyl (C=O) groups excluding carboxylic acids is 2. The second-order valence-corrected chi connectivity index (χ2v) is 11.0. The minimum absolute atomic E-state index is 0.00819. The van der Waals surface area contributed by atoms with Gasteiger partial charge in [-0.25, -0.2) is 8.42 Å². The summed E-state index contributed by atoms with van der Waals surface area (Å²) in [7, 11) is -1.96. The van der Waals surface area contributed by atoms with Crippen LogP contribution in [-0.4, -0.2) is 57.1 Å². The highest BCUT2D eigenvalue weighted by Crippen LogP contribution is 2.23. The van der Waals surface area contributed by atoms with Crippen LogP contribution in [0.3, 0.4) is 0 Å². The lowest BCUT2D eigenvalue weighted by Gasteiger charge is -2.30. The number of rotatable bonds is 13. The van der Waals surface area contributed by atoms with E-state index in [9.17, 15) is 18.0 Å². The first-order valence-electron chi connectivity index (χ1n) is 12.2. The molecule has 1 N–H and O–H groups in total. The second-order valence-electron chi connectivity index (χ2n) is 9.09. The van der Waals surface area contributed by atoms with E-state index in [1.54, 1.807) is 31.1 Å². The van der Waals surface area contributed by atoms with Crippen molar-refractivity contribution in [2.45, 2.75) is 65.6 Å². The van der Waals surface area contributed by atoms with Crippen molar-refractivity contribution >= 4 is 27.5 Å². The third-order valence-corrected chi connectivity index (χ3v) is 7.37. The van der Waals surface area contributed by atoms with Crippen LogP contribution in [0.1, 0.15) is 51.2 Å². The van der Waals surface area contributed by atoms with Crippen LogP contribution in [0.2, 0.25) is 0 Å². The summed E-state index contributed by atoms with van der Waals surface area (Å²) in [5.41, 5.74) is 2.27. The third-order valence-electron chi connectivity index (χ3n) is 6.19. The predicted molar refractivity (Wildman–Crippen MR) is 144 cm³/mol. The molecule has 2 amide bonds. The van der Waals surface area contributed by atoms with E-state index in [2.05, 4.69) is 5.32 Å². The molecule has 0 aliphatic heterocycles. The topological polar surface area (TPSA) is 96.0 Å². The van der Waals surface area contributed by atoms with Gasteiger partial charge in [0.25, 0.3) is 0 Å². The number of ether oxygens (including phenoxy) is 1. The quantitative estimate of drug-likeness (QED) is 0.435. The summed E-state index contributed by atoms with van der Waals surface area (Å²) in [6.07, 6.45) is 2.36. The molecule has 9 heteroatoms. The summed E-state index contributed by atoms with van der Waals surface area (Å²) in [6, 6.07) is 13.9. The van der Waals surface area contributed by atoms with Gasteiger partial charge >= 0.3 is 0 Å². The molecule has 0 aliphatic rings. The molecule has 2 atom stereocenters. The van der Waals surface area contributed by atoms with Crippen LogP contribution in [0.4, 0.5) is 5.69 Å². The molecule has 0 aliphatic carbocycles. The fraction of sp³-hybridized carbons (Fsp3) is 0.481. The molecule has 0 radical (unpaired) electrons. The van der Waals surface area contributed by atoms with Crippen LogP contribution < -0.4 is 14.4 Å². The van der Waals surface area contributed by atoms with Crippen molar-refractivity contribution < 1.29 is 22.7 Å². The smallest absolute Gasteiger partial charge is 0.242 e. The summed E-state index contributed by atoms with van der Waals surface area (Å²) in [6.45, 7) is 7.87. The number of nitrogens with zero attached hydrogens (tertiary/aromatic N) is 2. The van der Waals surface area contributed by atoms with Crippen LogP contribution in [0.25, 0.3) is 0 Å². The Kier molecular flexibility index (Phi) is 10.8. The predicted octanol–water partition coefficient (Wildman–Crippen LogP) is 3.88. The fourth-order valence-electron chi connectivity index (χ4n) is 3.84. The zero-order valence-corrected chi connectivity index (χ0v) is 23.0. The van der Waals surface area contributed by atoms with Crippen molar-refractivity contribution in [2.75, 3.05) is 24.2 Å². The maximum atomic E-state index is 13.4. The van der Waals surface area contributed by atoms with E-state index in [0.717, 1.165) is 23.8 Å². The highest BCUT2D eigenvalue weighted by molar-refractivity contribution is 7.92. The van der Waals surface area contributed by atoms with Gasteiger partial charge in [-0.1, -0.05) is 37.3 Å². The maximum Gasteiger partial charge on any atom is 0.242 e. The summed E-state index contributed by atoms with van der Waals surface area (Å²) in [5, 5.41) is 2.95. The minimum atomic E-state index is -3.53. The first-order valence-corrected chi connectivity index (χ1v) is 14.1. The van der Waals surface area contributed by atoms with Crippen LogP contribution >= 0.6 is 0 Å². The fourth-order valence-corrected chi connectivity index (χ4v) is 4.86. The van der Waals surface area contributed by atoms with E-state index in [1.807, 2.05) is 57.2 Å². The number of benzene rings is 2. The summed E-state index contributed by atoms with van der Waals surface area (Å²) >= 11 is 0. The van der Waals surface area contributed by atoms with Crippen LogP contribution in [0.15, 0.2) is 48.5 Å². The van der Waals surface area contributed by atoms with Crippen molar-refractivity contribution in [1.29, 1.82) is 0 Å². The Morgan fingerprint density at radius 3 is 2.39 bits per heavy atom. The van der Waals surface area contributed by atoms with Crippen molar-refractivity contribution in [1.82, 2.24) is 10.2 Å². The number of methoxy groups -OCH3 is 1. The van der Waals surface area contributed by atoms with E-state index in [0.29, 0.717) is 17.9 Å². The summed E-state index contributed by atoms with van der Waals surface area (Å²) in [4.78, 5) is 27.8. The van der Waals surface area contributed by atoms with Gasteiger partial charge in [0.15, 0.2) is 0 Å². The third kappa shape index (κ3) is 8.26. The van der Waals surface area contributed by atoms with Crippen LogP contribution in [0, 0.1) is 6.92 Å². The molecule has 2 rings (SSSR count). The molecule has 0 aromatic heterocycles. The van der Waals surface area contributed by atoms with Crippen molar-refractivity contribution in [3.8, 4) is 5.75 Å². The zero-order chi connectivity index (χ0) is 26.9. The minimum Gasteiger partial charge on any atom is -0.497 e. The van der Waals surface area contributed by atoms with Gasteiger partial charge in [0, 0.05) is 25.6 Å². The lowest BCUT2D eigenvalue weighted by molar-refractivity contribution is -0.140. The number of nitrogens with one attached hydrogen (secondary N) is 1. The average Bonchev–Trinajstić information content (AvgIpc) is 2.84. The normalized spacial score (nSPS) is 12.9. The molecule has 0 saturated heterocycles. The van der Waals surface area contributed by atoms with E-state index >= 15 is 0 Å². The monoisotopic (exact) mass is 517 g/mol. The molecule has 2 aromatic rings. The molecule has 8 nitrogen and oxygen atoms in total. The first-order chi connectivity index (χ1) is 17.0. The number of anilines is 1. The van der Waals surface area contributed by atoms with Gasteiger partial charge in [-0.15, -0.1) is 0 Å². The van der Waals surface area contributed by atoms with Gasteiger partial charge in [0.05, 0.1) is 19.1 Å². The van der Waals surface area contributed by atoms with Crippen molar-refractivity contribution in [2.24, 2.45) is 0 Å². The first kappa shape index (κ1) is 29.2. The molecule has 2 aromatic carbocycles. The standard InChI is InChI=1S/C27H39N3O5S/c1-7-21(3)28-27(32)22(4)29(19-23-13-10-14-24(18-23)35-5)26(31)16-11-17-30(36(6,33)34)25-15-9-8-12-20(25)2/h8-10,12-15,18,21-22H,7,11,16-17,19H2,1-6H3,(H,28,32). The Hall–Kier alpha value is -3.07. The largest absolute Gasteiger partial charge is 0.497 e. The summed E-state index contributed by atoms with van der Waals surface area (Å²) in [5.74, 6) is 0.222. The number of hydrogen-bond donors (Lipinski definition) is 1. The van der Waals surface area contributed by atoms with Crippen molar-refractivity contribution in [3.05, 3.63) is 59.7 Å². The number of hydrogen-bond acceptors (Lipinski definition) is 5.